The van der Waals surface area contributed by atoms with E-state index in [1.54, 1.807) is 42.9 Å². The van der Waals surface area contributed by atoms with Gasteiger partial charge in [-0.2, -0.15) is 4.98 Å². The quantitative estimate of drug-likeness (QED) is 0.502. The third-order valence-corrected chi connectivity index (χ3v) is 5.58. The van der Waals surface area contributed by atoms with Gasteiger partial charge < -0.3 is 4.74 Å². The number of hydrogen-bond donors (Lipinski definition) is 0. The molecule has 2 aromatic heterocycles. The minimum absolute atomic E-state index is 0.136. The Labute approximate surface area is 177 Å². The molecule has 0 aliphatic carbocycles. The fraction of sp³-hybridized carbons (Fsp3) is 0.227. The maximum atomic E-state index is 13.2. The highest BCUT2D eigenvalue weighted by Crippen LogP contribution is 2.27. The Morgan fingerprint density at radius 1 is 1.00 bits per heavy atom. The maximum Gasteiger partial charge on any atom is 0.332 e. The van der Waals surface area contributed by atoms with Crippen LogP contribution in [0.2, 0.25) is 5.02 Å². The van der Waals surface area contributed by atoms with Crippen LogP contribution in [-0.2, 0) is 20.6 Å². The molecule has 0 saturated heterocycles. The predicted molar refractivity (Wildman–Crippen MR) is 117 cm³/mol. The molecule has 0 N–H and O–H groups in total. The van der Waals surface area contributed by atoms with E-state index in [2.05, 4.69) is 4.98 Å². The van der Waals surface area contributed by atoms with Gasteiger partial charge in [0.1, 0.15) is 5.75 Å². The van der Waals surface area contributed by atoms with Crippen LogP contribution in [0.15, 0.2) is 52.1 Å². The van der Waals surface area contributed by atoms with Gasteiger partial charge in [0.15, 0.2) is 11.2 Å². The number of nitrogens with zero attached hydrogens (tertiary/aromatic N) is 4. The molecule has 2 heterocycles. The molecule has 8 heteroatoms. The highest BCUT2D eigenvalue weighted by atomic mass is 35.5. The summed E-state index contributed by atoms with van der Waals surface area (Å²) in [5, 5.41) is 0.592. The molecule has 0 radical (unpaired) electrons. The van der Waals surface area contributed by atoms with Gasteiger partial charge in [0, 0.05) is 19.1 Å². The molecule has 0 spiro atoms. The van der Waals surface area contributed by atoms with Gasteiger partial charge in [-0.05, 0) is 48.7 Å². The topological polar surface area (TPSA) is 71.1 Å². The first-order valence-electron chi connectivity index (χ1n) is 9.42. The Balaban J connectivity index is 1.85. The average Bonchev–Trinajstić information content (AvgIpc) is 3.05. The number of hydrogen-bond acceptors (Lipinski definition) is 4. The second-order valence-electron chi connectivity index (χ2n) is 7.29. The summed E-state index contributed by atoms with van der Waals surface area (Å²) in [4.78, 5) is 30.5. The Morgan fingerprint density at radius 3 is 2.40 bits per heavy atom. The molecule has 4 aromatic rings. The van der Waals surface area contributed by atoms with Crippen molar-refractivity contribution < 1.29 is 4.74 Å². The van der Waals surface area contributed by atoms with Crippen molar-refractivity contribution >= 4 is 22.8 Å². The Bertz CT molecular complexity index is 1380. The molecular formula is C22H21ClN4O3. The normalized spacial score (nSPS) is 11.2. The van der Waals surface area contributed by atoms with E-state index in [4.69, 9.17) is 16.3 Å². The number of halogens is 1. The van der Waals surface area contributed by atoms with Crippen LogP contribution in [0.3, 0.4) is 0 Å². The van der Waals surface area contributed by atoms with E-state index >= 15 is 0 Å². The molecule has 0 fully saturated rings. The Hall–Kier alpha value is -3.32. The van der Waals surface area contributed by atoms with Gasteiger partial charge in [-0.15, -0.1) is 0 Å². The first-order valence-corrected chi connectivity index (χ1v) is 9.80. The predicted octanol–water partition coefficient (Wildman–Crippen LogP) is 3.54. The van der Waals surface area contributed by atoms with E-state index < -0.39 is 11.2 Å². The molecule has 0 atom stereocenters. The van der Waals surface area contributed by atoms with Gasteiger partial charge in [0.2, 0.25) is 0 Å². The smallest absolute Gasteiger partial charge is 0.332 e. The van der Waals surface area contributed by atoms with Crippen LogP contribution >= 0.6 is 11.6 Å². The van der Waals surface area contributed by atoms with Crippen molar-refractivity contribution in [2.45, 2.75) is 20.4 Å². The van der Waals surface area contributed by atoms with Crippen molar-refractivity contribution in [2.75, 3.05) is 0 Å². The van der Waals surface area contributed by atoms with Gasteiger partial charge in [-0.3, -0.25) is 18.5 Å². The fourth-order valence-electron chi connectivity index (χ4n) is 3.36. The third-order valence-electron chi connectivity index (χ3n) is 5.33. The zero-order valence-electron chi connectivity index (χ0n) is 17.1. The molecule has 4 rings (SSSR count). The van der Waals surface area contributed by atoms with Crippen molar-refractivity contribution in [3.63, 3.8) is 0 Å². The van der Waals surface area contributed by atoms with Crippen LogP contribution in [0.1, 0.15) is 16.7 Å². The largest absolute Gasteiger partial charge is 0.425 e. The van der Waals surface area contributed by atoms with Gasteiger partial charge in [-0.1, -0.05) is 35.9 Å². The van der Waals surface area contributed by atoms with Gasteiger partial charge in [-0.25, -0.2) is 4.79 Å². The van der Waals surface area contributed by atoms with Crippen molar-refractivity contribution in [1.82, 2.24) is 18.7 Å². The standard InChI is InChI=1S/C22H21ClN4O3/c1-13-6-5-7-17(14(13)2)30-21-24-19-18(25(21)3)20(28)27(22(29)26(19)4)12-15-8-10-16(23)11-9-15/h5-11H,12H2,1-4H3. The lowest BCUT2D eigenvalue weighted by Crippen LogP contribution is -2.39. The van der Waals surface area contributed by atoms with Crippen molar-refractivity contribution in [1.29, 1.82) is 0 Å². The summed E-state index contributed by atoms with van der Waals surface area (Å²) in [5.41, 5.74) is 2.58. The second-order valence-corrected chi connectivity index (χ2v) is 7.72. The second kappa shape index (κ2) is 7.50. The minimum atomic E-state index is -0.446. The summed E-state index contributed by atoms with van der Waals surface area (Å²) in [5.74, 6) is 0.653. The molecule has 0 unspecified atom stereocenters. The number of benzene rings is 2. The number of aryl methyl sites for hydroxylation is 3. The summed E-state index contributed by atoms with van der Waals surface area (Å²) >= 11 is 5.93. The average molecular weight is 425 g/mol. The molecule has 2 aromatic carbocycles. The molecule has 7 nitrogen and oxygen atoms in total. The Morgan fingerprint density at radius 2 is 1.70 bits per heavy atom. The molecule has 30 heavy (non-hydrogen) atoms. The minimum Gasteiger partial charge on any atom is -0.425 e. The van der Waals surface area contributed by atoms with E-state index in [0.29, 0.717) is 16.3 Å². The van der Waals surface area contributed by atoms with E-state index in [-0.39, 0.29) is 18.2 Å². The molecule has 0 bridgehead atoms. The first-order chi connectivity index (χ1) is 14.3. The van der Waals surface area contributed by atoms with Crippen LogP contribution < -0.4 is 16.0 Å². The number of imidazole rings is 1. The Kier molecular flexibility index (Phi) is 4.99. The van der Waals surface area contributed by atoms with E-state index in [0.717, 1.165) is 16.7 Å². The lowest BCUT2D eigenvalue weighted by molar-refractivity contribution is 0.424. The zero-order chi connectivity index (χ0) is 21.6. The summed E-state index contributed by atoms with van der Waals surface area (Å²) < 4.78 is 10.1. The highest BCUT2D eigenvalue weighted by Gasteiger charge is 2.20. The number of aromatic nitrogens is 4. The van der Waals surface area contributed by atoms with Gasteiger partial charge >= 0.3 is 11.7 Å². The molecule has 0 amide bonds. The molecule has 0 saturated carbocycles. The van der Waals surface area contributed by atoms with Gasteiger partial charge in [0.05, 0.1) is 6.54 Å². The van der Waals surface area contributed by atoms with Gasteiger partial charge in [0.25, 0.3) is 5.56 Å². The van der Waals surface area contributed by atoms with Crippen molar-refractivity contribution in [2.24, 2.45) is 14.1 Å². The monoisotopic (exact) mass is 424 g/mol. The fourth-order valence-corrected chi connectivity index (χ4v) is 3.49. The number of fused-ring (bicyclic) bond motifs is 1. The molecule has 154 valence electrons. The lowest BCUT2D eigenvalue weighted by Gasteiger charge is -2.10. The summed E-state index contributed by atoms with van der Waals surface area (Å²) in [6.45, 7) is 4.09. The zero-order valence-corrected chi connectivity index (χ0v) is 17.9. The summed E-state index contributed by atoms with van der Waals surface area (Å²) in [6.07, 6.45) is 0. The molecule has 0 aliphatic rings. The molecule has 0 aliphatic heterocycles. The van der Waals surface area contributed by atoms with Crippen LogP contribution in [0.5, 0.6) is 11.8 Å². The summed E-state index contributed by atoms with van der Waals surface area (Å²) in [7, 11) is 3.30. The summed E-state index contributed by atoms with van der Waals surface area (Å²) in [6, 6.07) is 13.0. The van der Waals surface area contributed by atoms with E-state index in [1.165, 1.54) is 9.13 Å². The first kappa shape index (κ1) is 20.0. The van der Waals surface area contributed by atoms with Crippen LogP contribution in [0, 0.1) is 13.8 Å². The van der Waals surface area contributed by atoms with Crippen molar-refractivity contribution in [3.05, 3.63) is 85.0 Å². The van der Waals surface area contributed by atoms with E-state index in [9.17, 15) is 9.59 Å². The lowest BCUT2D eigenvalue weighted by atomic mass is 10.1. The van der Waals surface area contributed by atoms with E-state index in [1.807, 2.05) is 32.0 Å². The van der Waals surface area contributed by atoms with Crippen LogP contribution in [-0.4, -0.2) is 18.7 Å². The van der Waals surface area contributed by atoms with Crippen molar-refractivity contribution in [3.8, 4) is 11.8 Å². The highest BCUT2D eigenvalue weighted by molar-refractivity contribution is 6.30. The number of rotatable bonds is 4. The molecular weight excluding hydrogens is 404 g/mol. The SMILES string of the molecule is Cc1cccc(Oc2nc3c(c(=O)n(Cc4ccc(Cl)cc4)c(=O)n3C)n2C)c1C. The van der Waals surface area contributed by atoms with Crippen LogP contribution in [0.25, 0.3) is 11.2 Å². The number of ether oxygens (including phenoxy) is 1. The maximum absolute atomic E-state index is 13.2. The third kappa shape index (κ3) is 3.31. The van der Waals surface area contributed by atoms with Crippen LogP contribution in [0.4, 0.5) is 0 Å².